The fourth-order valence-corrected chi connectivity index (χ4v) is 5.11. The molecule has 0 aliphatic carbocycles. The third kappa shape index (κ3) is 4.96. The minimum absolute atomic E-state index is 0.314. The molecule has 0 saturated heterocycles. The van der Waals surface area contributed by atoms with E-state index in [4.69, 9.17) is 3.63 Å². The third-order valence-electron chi connectivity index (χ3n) is 2.58. The Morgan fingerprint density at radius 3 is 1.90 bits per heavy atom. The molecule has 2 aromatic rings. The van der Waals surface area contributed by atoms with Crippen LogP contribution in [-0.2, 0) is 23.9 Å². The van der Waals surface area contributed by atoms with Crippen molar-refractivity contribution >= 4 is 31.0 Å². The van der Waals surface area contributed by atoms with Crippen LogP contribution in [0.3, 0.4) is 0 Å². The molecule has 21 heavy (non-hydrogen) atoms. The van der Waals surface area contributed by atoms with Crippen LogP contribution >= 0.6 is 10.8 Å². The van der Waals surface area contributed by atoms with Gasteiger partial charge in [-0.15, -0.1) is 0 Å². The summed E-state index contributed by atoms with van der Waals surface area (Å²) in [5, 5.41) is 0. The summed E-state index contributed by atoms with van der Waals surface area (Å²) in [4.78, 5) is 0.829. The number of rotatable bonds is 5. The maximum atomic E-state index is 11.9. The van der Waals surface area contributed by atoms with Gasteiger partial charge in [0.15, 0.2) is 0 Å². The maximum absolute atomic E-state index is 11.9. The second kappa shape index (κ2) is 6.74. The molecular weight excluding hydrogens is 328 g/mol. The van der Waals surface area contributed by atoms with E-state index < -0.39 is 20.2 Å². The average molecular weight is 342 g/mol. The Balaban J connectivity index is 2.08. The zero-order valence-corrected chi connectivity index (χ0v) is 13.9. The van der Waals surface area contributed by atoms with Gasteiger partial charge in [-0.1, -0.05) is 35.4 Å². The Morgan fingerprint density at radius 1 is 0.905 bits per heavy atom. The van der Waals surface area contributed by atoms with Crippen molar-refractivity contribution < 1.29 is 16.3 Å². The van der Waals surface area contributed by atoms with E-state index in [0.717, 1.165) is 11.1 Å². The first-order valence-electron chi connectivity index (χ1n) is 6.05. The van der Waals surface area contributed by atoms with Crippen LogP contribution in [0.15, 0.2) is 58.3 Å². The third-order valence-corrected chi connectivity index (χ3v) is 6.75. The molecule has 0 fully saturated rings. The second-order valence-electron chi connectivity index (χ2n) is 4.42. The van der Waals surface area contributed by atoms with E-state index in [-0.39, 0.29) is 0 Å². The smallest absolute Gasteiger partial charge is 0.223 e. The molecule has 0 spiro atoms. The lowest BCUT2D eigenvalue weighted by Gasteiger charge is -2.05. The minimum atomic E-state index is -3.99. The van der Waals surface area contributed by atoms with Gasteiger partial charge < -0.3 is 0 Å². The molecule has 0 bridgehead atoms. The fourth-order valence-electron chi connectivity index (χ4n) is 1.49. The maximum Gasteiger partial charge on any atom is 0.339 e. The van der Waals surface area contributed by atoms with Gasteiger partial charge in [-0.25, -0.2) is 4.21 Å². The Morgan fingerprint density at radius 2 is 1.38 bits per heavy atom. The van der Waals surface area contributed by atoms with Crippen LogP contribution in [0.1, 0.15) is 11.1 Å². The number of benzene rings is 2. The van der Waals surface area contributed by atoms with Gasteiger partial charge in [0.1, 0.15) is 0 Å². The molecular formula is C14H14O4S3. The molecule has 1 unspecified atom stereocenters. The summed E-state index contributed by atoms with van der Waals surface area (Å²) in [6.45, 7) is 3.80. The molecule has 0 aliphatic rings. The topological polar surface area (TPSA) is 60.4 Å². The zero-order valence-electron chi connectivity index (χ0n) is 11.5. The van der Waals surface area contributed by atoms with Gasteiger partial charge in [-0.3, -0.25) is 0 Å². The first kappa shape index (κ1) is 16.2. The first-order chi connectivity index (χ1) is 9.85. The summed E-state index contributed by atoms with van der Waals surface area (Å²) >= 11 is -2.05. The number of aryl methyl sites for hydroxylation is 2. The van der Waals surface area contributed by atoms with Crippen LogP contribution in [0.25, 0.3) is 0 Å². The van der Waals surface area contributed by atoms with E-state index in [2.05, 4.69) is 0 Å². The van der Waals surface area contributed by atoms with E-state index in [9.17, 15) is 12.6 Å². The van der Waals surface area contributed by atoms with Crippen LogP contribution in [-0.4, -0.2) is 12.6 Å². The predicted molar refractivity (Wildman–Crippen MR) is 84.6 cm³/mol. The molecule has 0 aromatic heterocycles. The highest BCUT2D eigenvalue weighted by molar-refractivity contribution is 8.71. The van der Waals surface area contributed by atoms with Crippen molar-refractivity contribution in [2.45, 2.75) is 23.6 Å². The lowest BCUT2D eigenvalue weighted by atomic mass is 10.2. The summed E-state index contributed by atoms with van der Waals surface area (Å²) in [6, 6.07) is 13.6. The molecule has 0 saturated carbocycles. The van der Waals surface area contributed by atoms with Gasteiger partial charge in [0.2, 0.25) is 11.1 Å². The van der Waals surface area contributed by atoms with Gasteiger partial charge in [0, 0.05) is 15.7 Å². The molecule has 2 aromatic carbocycles. The molecule has 4 nitrogen and oxygen atoms in total. The Kier molecular flexibility index (Phi) is 5.21. The summed E-state index contributed by atoms with van der Waals surface area (Å²) in [5.74, 6) is 0. The molecule has 112 valence electrons. The fraction of sp³-hybridized carbons (Fsp3) is 0.143. The SMILES string of the molecule is Cc1ccc(SS(=O)(=O)OS(=O)c2ccc(C)cc2)cc1. The Labute approximate surface area is 130 Å². The molecule has 0 amide bonds. The van der Waals surface area contributed by atoms with E-state index >= 15 is 0 Å². The Bertz CT molecular complexity index is 735. The highest BCUT2D eigenvalue weighted by Gasteiger charge is 2.19. The van der Waals surface area contributed by atoms with Crippen molar-refractivity contribution in [3.8, 4) is 0 Å². The lowest BCUT2D eigenvalue weighted by Crippen LogP contribution is -2.04. The van der Waals surface area contributed by atoms with Crippen LogP contribution in [0.5, 0.6) is 0 Å². The van der Waals surface area contributed by atoms with Crippen molar-refractivity contribution in [1.29, 1.82) is 0 Å². The molecule has 0 heterocycles. The standard InChI is InChI=1S/C14H14O4S3/c1-11-3-7-13(8-4-11)19-21(16,17)18-20(15)14-9-5-12(2)6-10-14/h3-10H,1-2H3. The highest BCUT2D eigenvalue weighted by atomic mass is 33.2. The van der Waals surface area contributed by atoms with Crippen molar-refractivity contribution in [1.82, 2.24) is 0 Å². The zero-order chi connectivity index (χ0) is 15.5. The van der Waals surface area contributed by atoms with Gasteiger partial charge in [0.05, 0.1) is 4.90 Å². The minimum Gasteiger partial charge on any atom is -0.223 e. The second-order valence-corrected chi connectivity index (χ2v) is 9.08. The average Bonchev–Trinajstić information content (AvgIpc) is 2.41. The molecule has 1 atom stereocenters. The molecule has 0 aliphatic heterocycles. The van der Waals surface area contributed by atoms with Crippen LogP contribution < -0.4 is 0 Å². The summed E-state index contributed by atoms with van der Waals surface area (Å²) in [6.07, 6.45) is 0. The monoisotopic (exact) mass is 342 g/mol. The summed E-state index contributed by atoms with van der Waals surface area (Å²) in [7, 11) is -3.45. The van der Waals surface area contributed by atoms with Crippen LogP contribution in [0, 0.1) is 13.8 Å². The molecule has 0 N–H and O–H groups in total. The van der Waals surface area contributed by atoms with Gasteiger partial charge >= 0.3 is 9.15 Å². The normalized spacial score (nSPS) is 13.0. The van der Waals surface area contributed by atoms with E-state index in [1.54, 1.807) is 48.5 Å². The van der Waals surface area contributed by atoms with Crippen molar-refractivity contribution in [2.75, 3.05) is 0 Å². The largest absolute Gasteiger partial charge is 0.339 e. The lowest BCUT2D eigenvalue weighted by molar-refractivity contribution is 0.515. The number of hydrogen-bond donors (Lipinski definition) is 0. The van der Waals surface area contributed by atoms with Crippen molar-refractivity contribution in [3.05, 3.63) is 59.7 Å². The molecule has 2 rings (SSSR count). The first-order valence-corrected chi connectivity index (χ1v) is 9.87. The van der Waals surface area contributed by atoms with E-state index in [1.807, 2.05) is 13.8 Å². The van der Waals surface area contributed by atoms with E-state index in [1.165, 1.54) is 0 Å². The van der Waals surface area contributed by atoms with Crippen LogP contribution in [0.2, 0.25) is 0 Å². The number of hydrogen-bond acceptors (Lipinski definition) is 5. The molecule has 7 heteroatoms. The van der Waals surface area contributed by atoms with Gasteiger partial charge in [-0.05, 0) is 38.1 Å². The van der Waals surface area contributed by atoms with Gasteiger partial charge in [0.25, 0.3) is 0 Å². The van der Waals surface area contributed by atoms with E-state index in [0.29, 0.717) is 20.6 Å². The van der Waals surface area contributed by atoms with Crippen molar-refractivity contribution in [3.63, 3.8) is 0 Å². The summed E-state index contributed by atoms with van der Waals surface area (Å²) < 4.78 is 40.4. The molecule has 0 radical (unpaired) electrons. The van der Waals surface area contributed by atoms with Gasteiger partial charge in [-0.2, -0.15) is 12.0 Å². The van der Waals surface area contributed by atoms with Crippen LogP contribution in [0.4, 0.5) is 0 Å². The summed E-state index contributed by atoms with van der Waals surface area (Å²) in [5.41, 5.74) is 2.02. The highest BCUT2D eigenvalue weighted by Crippen LogP contribution is 2.27. The quantitative estimate of drug-likeness (QED) is 0.780. The predicted octanol–water partition coefficient (Wildman–Crippen LogP) is 3.38. The van der Waals surface area contributed by atoms with Crippen molar-refractivity contribution in [2.24, 2.45) is 0 Å². The Hall–Kier alpha value is -1.15.